The van der Waals surface area contributed by atoms with E-state index in [1.54, 1.807) is 6.07 Å². The molecule has 7 heteroatoms. The summed E-state index contributed by atoms with van der Waals surface area (Å²) in [7, 11) is 0. The number of fused-ring (bicyclic) bond motifs is 1. The molecular formula is C16H7F4N3. The fourth-order valence-corrected chi connectivity index (χ4v) is 2.19. The van der Waals surface area contributed by atoms with Crippen LogP contribution in [0.1, 0.15) is 11.4 Å². The summed E-state index contributed by atoms with van der Waals surface area (Å²) in [5, 5.41) is 9.42. The average molecular weight is 317 g/mol. The topological polar surface area (TPSA) is 49.6 Å². The molecule has 3 aromatic rings. The van der Waals surface area contributed by atoms with Gasteiger partial charge in [-0.2, -0.15) is 18.4 Å². The van der Waals surface area contributed by atoms with Gasteiger partial charge in [-0.15, -0.1) is 0 Å². The Morgan fingerprint density at radius 2 is 1.65 bits per heavy atom. The lowest BCUT2D eigenvalue weighted by atomic mass is 10.0. The van der Waals surface area contributed by atoms with Gasteiger partial charge in [-0.25, -0.2) is 14.4 Å². The SMILES string of the molecule is N#Cc1nc(-c2ccc(C(F)(F)F)cc2)c2ccc(F)cc2n1. The van der Waals surface area contributed by atoms with E-state index in [2.05, 4.69) is 9.97 Å². The van der Waals surface area contributed by atoms with Gasteiger partial charge in [-0.1, -0.05) is 12.1 Å². The van der Waals surface area contributed by atoms with Crippen molar-refractivity contribution in [3.8, 4) is 17.3 Å². The highest BCUT2D eigenvalue weighted by molar-refractivity contribution is 5.92. The van der Waals surface area contributed by atoms with Crippen molar-refractivity contribution < 1.29 is 17.6 Å². The average Bonchev–Trinajstić information content (AvgIpc) is 2.52. The minimum atomic E-state index is -4.44. The highest BCUT2D eigenvalue weighted by atomic mass is 19.4. The van der Waals surface area contributed by atoms with Crippen LogP contribution >= 0.6 is 0 Å². The Labute approximate surface area is 127 Å². The Morgan fingerprint density at radius 1 is 0.957 bits per heavy atom. The van der Waals surface area contributed by atoms with E-state index in [1.165, 1.54) is 24.3 Å². The molecular weight excluding hydrogens is 310 g/mol. The fourth-order valence-electron chi connectivity index (χ4n) is 2.19. The summed E-state index contributed by atoms with van der Waals surface area (Å²) >= 11 is 0. The highest BCUT2D eigenvalue weighted by Gasteiger charge is 2.30. The zero-order valence-electron chi connectivity index (χ0n) is 11.4. The number of alkyl halides is 3. The molecule has 3 nitrogen and oxygen atoms in total. The lowest BCUT2D eigenvalue weighted by Crippen LogP contribution is -2.04. The van der Waals surface area contributed by atoms with Crippen LogP contribution in [0.3, 0.4) is 0 Å². The van der Waals surface area contributed by atoms with Crippen molar-refractivity contribution in [1.29, 1.82) is 5.26 Å². The molecule has 0 radical (unpaired) electrons. The quantitative estimate of drug-likeness (QED) is 0.628. The first kappa shape index (κ1) is 14.9. The van der Waals surface area contributed by atoms with Crippen molar-refractivity contribution in [1.82, 2.24) is 9.97 Å². The molecule has 0 N–H and O–H groups in total. The maximum absolute atomic E-state index is 13.3. The number of nitriles is 1. The van der Waals surface area contributed by atoms with Gasteiger partial charge in [0.15, 0.2) is 0 Å². The molecule has 0 fully saturated rings. The Hall–Kier alpha value is -3.01. The monoisotopic (exact) mass is 317 g/mol. The first-order chi connectivity index (χ1) is 10.9. The van der Waals surface area contributed by atoms with Gasteiger partial charge in [0.05, 0.1) is 16.8 Å². The third kappa shape index (κ3) is 2.83. The molecule has 1 heterocycles. The molecule has 0 atom stereocenters. The molecule has 0 amide bonds. The Bertz CT molecular complexity index is 925. The summed E-state index contributed by atoms with van der Waals surface area (Å²) in [4.78, 5) is 7.94. The third-order valence-corrected chi connectivity index (χ3v) is 3.24. The van der Waals surface area contributed by atoms with Crippen LogP contribution in [0, 0.1) is 17.1 Å². The summed E-state index contributed by atoms with van der Waals surface area (Å²) in [5.74, 6) is -0.712. The molecule has 1 aromatic heterocycles. The van der Waals surface area contributed by atoms with Gasteiger partial charge in [0, 0.05) is 17.0 Å². The molecule has 0 bridgehead atoms. The fraction of sp³-hybridized carbons (Fsp3) is 0.0625. The van der Waals surface area contributed by atoms with E-state index in [-0.39, 0.29) is 17.0 Å². The van der Waals surface area contributed by atoms with Crippen molar-refractivity contribution in [2.45, 2.75) is 6.18 Å². The molecule has 0 aliphatic rings. The Kier molecular flexibility index (Phi) is 3.45. The minimum Gasteiger partial charge on any atom is -0.219 e. The maximum atomic E-state index is 13.3. The van der Waals surface area contributed by atoms with Crippen molar-refractivity contribution in [3.05, 3.63) is 59.7 Å². The Morgan fingerprint density at radius 3 is 2.26 bits per heavy atom. The molecule has 0 aliphatic carbocycles. The van der Waals surface area contributed by atoms with Crippen LogP contribution in [0.4, 0.5) is 17.6 Å². The van der Waals surface area contributed by atoms with Crippen LogP contribution in [0.5, 0.6) is 0 Å². The predicted molar refractivity (Wildman–Crippen MR) is 74.6 cm³/mol. The summed E-state index contributed by atoms with van der Waals surface area (Å²) in [6.45, 7) is 0. The second kappa shape index (κ2) is 5.32. The van der Waals surface area contributed by atoms with Crippen molar-refractivity contribution in [2.24, 2.45) is 0 Å². The summed E-state index contributed by atoms with van der Waals surface area (Å²) < 4.78 is 51.2. The number of hydrogen-bond donors (Lipinski definition) is 0. The van der Waals surface area contributed by atoms with Gasteiger partial charge < -0.3 is 0 Å². The molecule has 0 aliphatic heterocycles. The number of nitrogens with zero attached hydrogens (tertiary/aromatic N) is 3. The third-order valence-electron chi connectivity index (χ3n) is 3.24. The van der Waals surface area contributed by atoms with E-state index in [1.807, 2.05) is 0 Å². The van der Waals surface area contributed by atoms with E-state index < -0.39 is 17.6 Å². The zero-order chi connectivity index (χ0) is 16.6. The van der Waals surface area contributed by atoms with Crippen molar-refractivity contribution in [3.63, 3.8) is 0 Å². The van der Waals surface area contributed by atoms with Crippen LogP contribution in [-0.2, 0) is 6.18 Å². The van der Waals surface area contributed by atoms with Gasteiger partial charge in [0.1, 0.15) is 11.9 Å². The molecule has 0 spiro atoms. The van der Waals surface area contributed by atoms with Crippen LogP contribution in [0.25, 0.3) is 22.2 Å². The smallest absolute Gasteiger partial charge is 0.219 e. The predicted octanol–water partition coefficient (Wildman–Crippen LogP) is 4.33. The Balaban J connectivity index is 2.21. The molecule has 0 saturated carbocycles. The second-order valence-corrected chi connectivity index (χ2v) is 4.74. The first-order valence-electron chi connectivity index (χ1n) is 6.43. The van der Waals surface area contributed by atoms with Crippen molar-refractivity contribution in [2.75, 3.05) is 0 Å². The molecule has 2 aromatic carbocycles. The van der Waals surface area contributed by atoms with Crippen LogP contribution in [0.2, 0.25) is 0 Å². The van der Waals surface area contributed by atoms with Gasteiger partial charge in [0.2, 0.25) is 5.82 Å². The summed E-state index contributed by atoms with van der Waals surface area (Å²) in [6.07, 6.45) is -4.44. The number of rotatable bonds is 1. The van der Waals surface area contributed by atoms with Crippen LogP contribution in [0.15, 0.2) is 42.5 Å². The summed E-state index contributed by atoms with van der Waals surface area (Å²) in [5.41, 5.74) is 0.0893. The van der Waals surface area contributed by atoms with Gasteiger partial charge in [0.25, 0.3) is 0 Å². The van der Waals surface area contributed by atoms with Gasteiger partial charge >= 0.3 is 6.18 Å². The number of benzene rings is 2. The second-order valence-electron chi connectivity index (χ2n) is 4.74. The zero-order valence-corrected chi connectivity index (χ0v) is 11.4. The number of aromatic nitrogens is 2. The van der Waals surface area contributed by atoms with E-state index >= 15 is 0 Å². The van der Waals surface area contributed by atoms with Crippen LogP contribution in [-0.4, -0.2) is 9.97 Å². The number of hydrogen-bond acceptors (Lipinski definition) is 3. The highest BCUT2D eigenvalue weighted by Crippen LogP contribution is 2.32. The van der Waals surface area contributed by atoms with E-state index in [0.717, 1.165) is 18.2 Å². The normalized spacial score (nSPS) is 11.4. The standard InChI is InChI=1S/C16H7F4N3/c17-11-5-6-12-13(7-11)22-14(8-21)23-15(12)9-1-3-10(4-2-9)16(18,19)20/h1-7H. The lowest BCUT2D eigenvalue weighted by molar-refractivity contribution is -0.137. The van der Waals surface area contributed by atoms with E-state index in [0.29, 0.717) is 10.9 Å². The molecule has 114 valence electrons. The van der Waals surface area contributed by atoms with Gasteiger partial charge in [-0.3, -0.25) is 0 Å². The minimum absolute atomic E-state index is 0.182. The molecule has 3 rings (SSSR count). The maximum Gasteiger partial charge on any atom is 0.416 e. The van der Waals surface area contributed by atoms with E-state index in [9.17, 15) is 17.6 Å². The molecule has 23 heavy (non-hydrogen) atoms. The number of halogens is 4. The van der Waals surface area contributed by atoms with Crippen LogP contribution < -0.4 is 0 Å². The lowest BCUT2D eigenvalue weighted by Gasteiger charge is -2.09. The first-order valence-corrected chi connectivity index (χ1v) is 6.43. The molecule has 0 saturated heterocycles. The van der Waals surface area contributed by atoms with E-state index in [4.69, 9.17) is 5.26 Å². The largest absolute Gasteiger partial charge is 0.416 e. The van der Waals surface area contributed by atoms with Gasteiger partial charge in [-0.05, 0) is 24.3 Å². The van der Waals surface area contributed by atoms with Crippen molar-refractivity contribution >= 4 is 10.9 Å². The summed E-state index contributed by atoms with van der Waals surface area (Å²) in [6, 6.07) is 9.91. The molecule has 0 unspecified atom stereocenters.